The number of rotatable bonds is 4. The van der Waals surface area contributed by atoms with Gasteiger partial charge in [-0.3, -0.25) is 4.98 Å². The van der Waals surface area contributed by atoms with Crippen molar-refractivity contribution in [3.63, 3.8) is 0 Å². The lowest BCUT2D eigenvalue weighted by Crippen LogP contribution is -2.42. The highest BCUT2D eigenvalue weighted by molar-refractivity contribution is 7.89. The smallest absolute Gasteiger partial charge is 0.257 e. The highest BCUT2D eigenvalue weighted by Crippen LogP contribution is 2.27. The molecule has 0 radical (unpaired) electrons. The monoisotopic (exact) mass is 386 g/mol. The van der Waals surface area contributed by atoms with Crippen LogP contribution in [0, 0.1) is 6.92 Å². The Hall–Kier alpha value is -2.62. The third-order valence-electron chi connectivity index (χ3n) is 4.34. The number of hydrogen-bond acceptors (Lipinski definition) is 7. The SMILES string of the molecule is Cc1ccc(S(=O)(=O)N2CCO[C@@H](c3nc(-c4ccncc4)no3)C2)cc1. The first-order valence-corrected chi connectivity index (χ1v) is 9.90. The van der Waals surface area contributed by atoms with Gasteiger partial charge in [0.2, 0.25) is 15.8 Å². The van der Waals surface area contributed by atoms with Gasteiger partial charge in [0, 0.05) is 31.0 Å². The number of aryl methyl sites for hydroxylation is 1. The molecule has 8 nitrogen and oxygen atoms in total. The van der Waals surface area contributed by atoms with E-state index in [-0.39, 0.29) is 30.5 Å². The van der Waals surface area contributed by atoms with Crippen molar-refractivity contribution in [2.45, 2.75) is 17.9 Å². The summed E-state index contributed by atoms with van der Waals surface area (Å²) in [5, 5.41) is 3.95. The standard InChI is InChI=1S/C18H18N4O4S/c1-13-2-4-15(5-3-13)27(23,24)22-10-11-25-16(12-22)18-20-17(21-26-18)14-6-8-19-9-7-14/h2-9,16H,10-12H2,1H3/t16-/m1/s1. The summed E-state index contributed by atoms with van der Waals surface area (Å²) in [5.41, 5.74) is 1.77. The van der Waals surface area contributed by atoms with Crippen LogP contribution >= 0.6 is 0 Å². The van der Waals surface area contributed by atoms with Crippen LogP contribution in [0.15, 0.2) is 58.2 Å². The molecule has 1 aliphatic heterocycles. The van der Waals surface area contributed by atoms with Crippen molar-refractivity contribution in [3.8, 4) is 11.4 Å². The van der Waals surface area contributed by atoms with Crippen LogP contribution in [-0.2, 0) is 14.8 Å². The van der Waals surface area contributed by atoms with E-state index in [0.29, 0.717) is 5.82 Å². The third-order valence-corrected chi connectivity index (χ3v) is 6.22. The highest BCUT2D eigenvalue weighted by Gasteiger charge is 2.34. The summed E-state index contributed by atoms with van der Waals surface area (Å²) < 4.78 is 38.2. The zero-order chi connectivity index (χ0) is 18.9. The fraction of sp³-hybridized carbons (Fsp3) is 0.278. The number of benzene rings is 1. The molecule has 1 fully saturated rings. The van der Waals surface area contributed by atoms with Gasteiger partial charge in [0.25, 0.3) is 5.89 Å². The van der Waals surface area contributed by atoms with E-state index >= 15 is 0 Å². The number of morpholine rings is 1. The molecule has 3 heterocycles. The molecule has 0 amide bonds. The summed E-state index contributed by atoms with van der Waals surface area (Å²) in [5.74, 6) is 0.667. The van der Waals surface area contributed by atoms with Gasteiger partial charge in [0.1, 0.15) is 0 Å². The minimum Gasteiger partial charge on any atom is -0.366 e. The number of sulfonamides is 1. The van der Waals surface area contributed by atoms with Gasteiger partial charge < -0.3 is 9.26 Å². The third kappa shape index (κ3) is 3.61. The molecule has 27 heavy (non-hydrogen) atoms. The van der Waals surface area contributed by atoms with Crippen LogP contribution in [0.25, 0.3) is 11.4 Å². The van der Waals surface area contributed by atoms with Gasteiger partial charge >= 0.3 is 0 Å². The Balaban J connectivity index is 1.55. The number of nitrogens with zero attached hydrogens (tertiary/aromatic N) is 4. The quantitative estimate of drug-likeness (QED) is 0.678. The fourth-order valence-electron chi connectivity index (χ4n) is 2.84. The largest absolute Gasteiger partial charge is 0.366 e. The van der Waals surface area contributed by atoms with E-state index < -0.39 is 16.1 Å². The molecule has 3 aromatic rings. The van der Waals surface area contributed by atoms with E-state index in [1.165, 1.54) is 4.31 Å². The van der Waals surface area contributed by atoms with Crippen LogP contribution < -0.4 is 0 Å². The molecule has 0 saturated carbocycles. The van der Waals surface area contributed by atoms with Crippen molar-refractivity contribution in [1.29, 1.82) is 0 Å². The second-order valence-electron chi connectivity index (χ2n) is 6.23. The first-order chi connectivity index (χ1) is 13.0. The number of hydrogen-bond donors (Lipinski definition) is 0. The molecule has 0 aliphatic carbocycles. The van der Waals surface area contributed by atoms with Gasteiger partial charge in [-0.15, -0.1) is 0 Å². The lowest BCUT2D eigenvalue weighted by Gasteiger charge is -2.30. The van der Waals surface area contributed by atoms with Gasteiger partial charge in [0.15, 0.2) is 6.10 Å². The Morgan fingerprint density at radius 1 is 1.11 bits per heavy atom. The molecule has 1 atom stereocenters. The molecule has 0 N–H and O–H groups in total. The van der Waals surface area contributed by atoms with Crippen LogP contribution in [0.1, 0.15) is 17.6 Å². The average Bonchev–Trinajstić information content (AvgIpc) is 3.19. The van der Waals surface area contributed by atoms with E-state index in [0.717, 1.165) is 11.1 Å². The lowest BCUT2D eigenvalue weighted by molar-refractivity contribution is -0.0199. The van der Waals surface area contributed by atoms with E-state index in [2.05, 4.69) is 15.1 Å². The second kappa shape index (κ2) is 7.18. The maximum absolute atomic E-state index is 12.9. The molecular formula is C18H18N4O4S. The van der Waals surface area contributed by atoms with E-state index in [4.69, 9.17) is 9.26 Å². The number of aromatic nitrogens is 3. The molecule has 0 bridgehead atoms. The fourth-order valence-corrected chi connectivity index (χ4v) is 4.26. The zero-order valence-corrected chi connectivity index (χ0v) is 15.5. The highest BCUT2D eigenvalue weighted by atomic mass is 32.2. The number of ether oxygens (including phenoxy) is 1. The van der Waals surface area contributed by atoms with Crippen LogP contribution in [0.5, 0.6) is 0 Å². The summed E-state index contributed by atoms with van der Waals surface area (Å²) in [4.78, 5) is 8.57. The molecule has 140 valence electrons. The van der Waals surface area contributed by atoms with E-state index in [1.807, 2.05) is 6.92 Å². The summed E-state index contributed by atoms with van der Waals surface area (Å²) in [6, 6.07) is 10.3. The van der Waals surface area contributed by atoms with Crippen molar-refractivity contribution < 1.29 is 17.7 Å². The predicted octanol–water partition coefficient (Wildman–Crippen LogP) is 2.20. The average molecular weight is 386 g/mol. The van der Waals surface area contributed by atoms with Crippen molar-refractivity contribution in [1.82, 2.24) is 19.4 Å². The molecule has 0 unspecified atom stereocenters. The minimum absolute atomic E-state index is 0.119. The summed E-state index contributed by atoms with van der Waals surface area (Å²) in [6.45, 7) is 2.56. The molecule has 9 heteroatoms. The summed E-state index contributed by atoms with van der Waals surface area (Å²) in [7, 11) is -3.61. The van der Waals surface area contributed by atoms with Gasteiger partial charge in [0.05, 0.1) is 11.5 Å². The molecular weight excluding hydrogens is 368 g/mol. The first kappa shape index (κ1) is 17.8. The minimum atomic E-state index is -3.61. The Kier molecular flexibility index (Phi) is 4.73. The molecule has 0 spiro atoms. The Morgan fingerprint density at radius 2 is 1.85 bits per heavy atom. The molecule has 1 aromatic carbocycles. The molecule has 4 rings (SSSR count). The van der Waals surface area contributed by atoms with E-state index in [9.17, 15) is 8.42 Å². The normalized spacial score (nSPS) is 18.5. The van der Waals surface area contributed by atoms with Crippen molar-refractivity contribution in [2.75, 3.05) is 19.7 Å². The van der Waals surface area contributed by atoms with Crippen LogP contribution in [0.4, 0.5) is 0 Å². The van der Waals surface area contributed by atoms with Crippen LogP contribution in [0.2, 0.25) is 0 Å². The van der Waals surface area contributed by atoms with Gasteiger partial charge in [-0.1, -0.05) is 22.9 Å². The lowest BCUT2D eigenvalue weighted by atomic mass is 10.2. The number of pyridine rings is 1. The predicted molar refractivity (Wildman–Crippen MR) is 96.2 cm³/mol. The second-order valence-corrected chi connectivity index (χ2v) is 8.17. The Morgan fingerprint density at radius 3 is 2.59 bits per heavy atom. The summed E-state index contributed by atoms with van der Waals surface area (Å²) >= 11 is 0. The molecule has 2 aromatic heterocycles. The van der Waals surface area contributed by atoms with Crippen molar-refractivity contribution in [3.05, 3.63) is 60.2 Å². The van der Waals surface area contributed by atoms with Gasteiger partial charge in [-0.25, -0.2) is 8.42 Å². The van der Waals surface area contributed by atoms with Gasteiger partial charge in [-0.05, 0) is 31.2 Å². The molecule has 1 aliphatic rings. The van der Waals surface area contributed by atoms with Crippen LogP contribution in [-0.4, -0.2) is 47.5 Å². The maximum Gasteiger partial charge on any atom is 0.257 e. The summed E-state index contributed by atoms with van der Waals surface area (Å²) in [6.07, 6.45) is 2.67. The van der Waals surface area contributed by atoms with Gasteiger partial charge in [-0.2, -0.15) is 9.29 Å². The Labute approximate surface area is 156 Å². The van der Waals surface area contributed by atoms with Crippen molar-refractivity contribution >= 4 is 10.0 Å². The Bertz CT molecular complexity index is 1020. The van der Waals surface area contributed by atoms with Crippen LogP contribution in [0.3, 0.4) is 0 Å². The molecule has 1 saturated heterocycles. The van der Waals surface area contributed by atoms with Crippen molar-refractivity contribution in [2.24, 2.45) is 0 Å². The first-order valence-electron chi connectivity index (χ1n) is 8.46. The zero-order valence-electron chi connectivity index (χ0n) is 14.6. The maximum atomic E-state index is 12.9. The topological polar surface area (TPSA) is 98.4 Å². The van der Waals surface area contributed by atoms with E-state index in [1.54, 1.807) is 48.8 Å².